The summed E-state index contributed by atoms with van der Waals surface area (Å²) < 4.78 is 12.7. The first-order valence-corrected chi connectivity index (χ1v) is 8.38. The minimum absolute atomic E-state index is 0.188. The number of rotatable bonds is 6. The van der Waals surface area contributed by atoms with E-state index in [1.807, 2.05) is 6.20 Å². The Morgan fingerprint density at radius 2 is 1.67 bits per heavy atom. The molecule has 1 heterocycles. The Kier molecular flexibility index (Phi) is 5.77. The van der Waals surface area contributed by atoms with Gasteiger partial charge in [0.25, 0.3) is 0 Å². The minimum atomic E-state index is -1.50. The molecule has 0 saturated heterocycles. The second-order valence-corrected chi connectivity index (χ2v) is 6.13. The van der Waals surface area contributed by atoms with Crippen LogP contribution in [0.5, 0.6) is 0 Å². The average molecular weight is 395 g/mol. The molecule has 7 heteroatoms. The zero-order valence-corrected chi connectivity index (χ0v) is 15.4. The van der Waals surface area contributed by atoms with Crippen molar-refractivity contribution in [3.63, 3.8) is 0 Å². The number of benzene rings is 1. The summed E-state index contributed by atoms with van der Waals surface area (Å²) in [6, 6.07) is 6.98. The van der Waals surface area contributed by atoms with Gasteiger partial charge in [-0.1, -0.05) is 12.1 Å². The molecular formula is C17H19BrN2O4. The van der Waals surface area contributed by atoms with Gasteiger partial charge < -0.3 is 9.47 Å². The number of carbonyl (C=O) groups is 2. The third kappa shape index (κ3) is 3.51. The molecule has 0 aliphatic rings. The number of ether oxygens (including phenoxy) is 2. The molecule has 0 aliphatic heterocycles. The van der Waals surface area contributed by atoms with Gasteiger partial charge in [0.1, 0.15) is 0 Å². The van der Waals surface area contributed by atoms with Gasteiger partial charge in [0, 0.05) is 6.20 Å². The average Bonchev–Trinajstić information content (AvgIpc) is 3.01. The van der Waals surface area contributed by atoms with Gasteiger partial charge in [0.15, 0.2) is 5.41 Å². The van der Waals surface area contributed by atoms with Crippen LogP contribution in [0.2, 0.25) is 0 Å². The second kappa shape index (κ2) is 7.61. The van der Waals surface area contributed by atoms with Crippen molar-refractivity contribution in [1.82, 2.24) is 9.78 Å². The molecule has 24 heavy (non-hydrogen) atoms. The Morgan fingerprint density at radius 1 is 1.12 bits per heavy atom. The third-order valence-electron chi connectivity index (χ3n) is 3.63. The molecule has 1 aromatic heterocycles. The van der Waals surface area contributed by atoms with Crippen molar-refractivity contribution in [3.8, 4) is 5.69 Å². The molecule has 0 saturated carbocycles. The SMILES string of the molecule is CCOC(=O)C(C)(C(=O)OCC)c1ccc(-n2cc(Br)cn2)cc1. The van der Waals surface area contributed by atoms with E-state index in [1.54, 1.807) is 49.0 Å². The van der Waals surface area contributed by atoms with E-state index in [-0.39, 0.29) is 13.2 Å². The molecule has 128 valence electrons. The first-order chi connectivity index (χ1) is 11.4. The molecule has 6 nitrogen and oxygen atoms in total. The lowest BCUT2D eigenvalue weighted by atomic mass is 9.82. The molecule has 0 spiro atoms. The lowest BCUT2D eigenvalue weighted by Gasteiger charge is -2.25. The maximum absolute atomic E-state index is 12.4. The largest absolute Gasteiger partial charge is 0.465 e. The Bertz CT molecular complexity index is 706. The van der Waals surface area contributed by atoms with Crippen molar-refractivity contribution >= 4 is 27.9 Å². The maximum Gasteiger partial charge on any atom is 0.327 e. The van der Waals surface area contributed by atoms with Crippen molar-refractivity contribution < 1.29 is 19.1 Å². The molecular weight excluding hydrogens is 376 g/mol. The molecule has 0 atom stereocenters. The van der Waals surface area contributed by atoms with Crippen molar-refractivity contribution in [2.75, 3.05) is 13.2 Å². The monoisotopic (exact) mass is 394 g/mol. The van der Waals surface area contributed by atoms with Crippen LogP contribution in [0.1, 0.15) is 26.3 Å². The summed E-state index contributed by atoms with van der Waals surface area (Å²) >= 11 is 3.34. The smallest absolute Gasteiger partial charge is 0.327 e. The predicted molar refractivity (Wildman–Crippen MR) is 91.9 cm³/mol. The van der Waals surface area contributed by atoms with Gasteiger partial charge in [-0.2, -0.15) is 5.10 Å². The summed E-state index contributed by atoms with van der Waals surface area (Å²) in [6.07, 6.45) is 3.49. The number of halogens is 1. The van der Waals surface area contributed by atoms with Gasteiger partial charge in [0.2, 0.25) is 0 Å². The van der Waals surface area contributed by atoms with Crippen molar-refractivity contribution in [1.29, 1.82) is 0 Å². The number of hydrogen-bond acceptors (Lipinski definition) is 5. The van der Waals surface area contributed by atoms with Crippen LogP contribution in [-0.4, -0.2) is 34.9 Å². The van der Waals surface area contributed by atoms with Crippen LogP contribution < -0.4 is 0 Å². The molecule has 0 amide bonds. The van der Waals surface area contributed by atoms with Gasteiger partial charge >= 0.3 is 11.9 Å². The molecule has 2 aromatic rings. The van der Waals surface area contributed by atoms with E-state index in [4.69, 9.17) is 9.47 Å². The van der Waals surface area contributed by atoms with Gasteiger partial charge in [-0.3, -0.25) is 9.59 Å². The number of nitrogens with zero attached hydrogens (tertiary/aromatic N) is 2. The zero-order chi connectivity index (χ0) is 17.7. The van der Waals surface area contributed by atoms with Crippen LogP contribution in [0.15, 0.2) is 41.1 Å². The number of carbonyl (C=O) groups excluding carboxylic acids is 2. The molecule has 2 rings (SSSR count). The highest BCUT2D eigenvalue weighted by molar-refractivity contribution is 9.10. The van der Waals surface area contributed by atoms with E-state index in [9.17, 15) is 9.59 Å². The summed E-state index contributed by atoms with van der Waals surface area (Å²) in [6.45, 7) is 5.28. The summed E-state index contributed by atoms with van der Waals surface area (Å²) in [5.74, 6) is -1.25. The van der Waals surface area contributed by atoms with Crippen LogP contribution in [0.4, 0.5) is 0 Å². The molecule has 0 radical (unpaired) electrons. The first kappa shape index (κ1) is 18.2. The Balaban J connectivity index is 2.39. The summed E-state index contributed by atoms with van der Waals surface area (Å²) in [5, 5.41) is 4.19. The second-order valence-electron chi connectivity index (χ2n) is 5.22. The lowest BCUT2D eigenvalue weighted by molar-refractivity contribution is -0.163. The van der Waals surface area contributed by atoms with E-state index in [0.717, 1.165) is 10.2 Å². The Labute approximate surface area is 148 Å². The zero-order valence-electron chi connectivity index (χ0n) is 13.8. The first-order valence-electron chi connectivity index (χ1n) is 7.59. The fraction of sp³-hybridized carbons (Fsp3) is 0.353. The van der Waals surface area contributed by atoms with Gasteiger partial charge in [-0.25, -0.2) is 4.68 Å². The van der Waals surface area contributed by atoms with E-state index in [1.165, 1.54) is 6.92 Å². The topological polar surface area (TPSA) is 70.4 Å². The highest BCUT2D eigenvalue weighted by Gasteiger charge is 2.46. The Morgan fingerprint density at radius 3 is 2.08 bits per heavy atom. The minimum Gasteiger partial charge on any atom is -0.465 e. The molecule has 0 aliphatic carbocycles. The highest BCUT2D eigenvalue weighted by Crippen LogP contribution is 2.28. The van der Waals surface area contributed by atoms with Gasteiger partial charge in [-0.15, -0.1) is 0 Å². The van der Waals surface area contributed by atoms with E-state index >= 15 is 0 Å². The van der Waals surface area contributed by atoms with Gasteiger partial charge in [0.05, 0.1) is 29.6 Å². The molecule has 0 bridgehead atoms. The molecule has 0 N–H and O–H groups in total. The van der Waals surface area contributed by atoms with Gasteiger partial charge in [-0.05, 0) is 54.4 Å². The quantitative estimate of drug-likeness (QED) is 0.556. The normalized spacial score (nSPS) is 11.2. The molecule has 0 fully saturated rings. The van der Waals surface area contributed by atoms with Crippen molar-refractivity contribution in [2.24, 2.45) is 0 Å². The molecule has 1 aromatic carbocycles. The van der Waals surface area contributed by atoms with Crippen LogP contribution in [0, 0.1) is 0 Å². The van der Waals surface area contributed by atoms with Crippen LogP contribution in [0.3, 0.4) is 0 Å². The number of hydrogen-bond donors (Lipinski definition) is 0. The Hall–Kier alpha value is -2.15. The van der Waals surface area contributed by atoms with Crippen LogP contribution in [0.25, 0.3) is 5.69 Å². The molecule has 0 unspecified atom stereocenters. The fourth-order valence-electron chi connectivity index (χ4n) is 2.26. The maximum atomic E-state index is 12.4. The van der Waals surface area contributed by atoms with E-state index < -0.39 is 17.4 Å². The summed E-state index contributed by atoms with van der Waals surface area (Å²) in [4.78, 5) is 24.8. The van der Waals surface area contributed by atoms with Crippen molar-refractivity contribution in [2.45, 2.75) is 26.2 Å². The summed E-state index contributed by atoms with van der Waals surface area (Å²) in [5.41, 5.74) is -0.191. The standard InChI is InChI=1S/C17H19BrN2O4/c1-4-23-15(21)17(3,16(22)24-5-2)12-6-8-14(9-7-12)20-11-13(18)10-19-20/h6-11H,4-5H2,1-3H3. The van der Waals surface area contributed by atoms with Crippen molar-refractivity contribution in [3.05, 3.63) is 46.7 Å². The van der Waals surface area contributed by atoms with Crippen LogP contribution >= 0.6 is 15.9 Å². The highest BCUT2D eigenvalue weighted by atomic mass is 79.9. The third-order valence-corrected chi connectivity index (χ3v) is 4.04. The predicted octanol–water partition coefficient (Wildman–Crippen LogP) is 3.02. The number of esters is 2. The van der Waals surface area contributed by atoms with Crippen LogP contribution in [-0.2, 0) is 24.5 Å². The number of aromatic nitrogens is 2. The summed E-state index contributed by atoms with van der Waals surface area (Å²) in [7, 11) is 0. The lowest BCUT2D eigenvalue weighted by Crippen LogP contribution is -2.43. The fourth-order valence-corrected chi connectivity index (χ4v) is 2.54. The van der Waals surface area contributed by atoms with E-state index in [2.05, 4.69) is 21.0 Å². The van der Waals surface area contributed by atoms with E-state index in [0.29, 0.717) is 5.56 Å².